The van der Waals surface area contributed by atoms with Gasteiger partial charge in [-0.15, -0.1) is 0 Å². The Balaban J connectivity index is 3.12. The van der Waals surface area contributed by atoms with E-state index >= 15 is 0 Å². The molecule has 14 heavy (non-hydrogen) atoms. The third-order valence-corrected chi connectivity index (χ3v) is 6.05. The lowest BCUT2D eigenvalue weighted by molar-refractivity contribution is 0.360. The lowest BCUT2D eigenvalue weighted by Gasteiger charge is -2.10. The SMILES string of the molecule is C=CCOc1cc(Br)c(Br)c(Br)c1Br. The molecule has 0 radical (unpaired) electrons. The smallest absolute Gasteiger partial charge is 0.136 e. The van der Waals surface area contributed by atoms with E-state index in [0.29, 0.717) is 6.61 Å². The largest absolute Gasteiger partial charge is 0.488 e. The maximum Gasteiger partial charge on any atom is 0.136 e. The minimum atomic E-state index is 0.485. The first-order valence-electron chi connectivity index (χ1n) is 3.64. The van der Waals surface area contributed by atoms with Crippen LogP contribution in [0.3, 0.4) is 0 Å². The number of hydrogen-bond acceptors (Lipinski definition) is 1. The van der Waals surface area contributed by atoms with Gasteiger partial charge in [0.1, 0.15) is 12.4 Å². The predicted octanol–water partition coefficient (Wildman–Crippen LogP) is 5.30. The molecule has 0 atom stereocenters. The van der Waals surface area contributed by atoms with E-state index in [1.165, 1.54) is 0 Å². The first-order chi connectivity index (χ1) is 6.57. The lowest BCUT2D eigenvalue weighted by Crippen LogP contribution is -1.94. The van der Waals surface area contributed by atoms with Gasteiger partial charge >= 0.3 is 0 Å². The summed E-state index contributed by atoms with van der Waals surface area (Å²) >= 11 is 13.7. The van der Waals surface area contributed by atoms with Crippen LogP contribution in [0, 0.1) is 0 Å². The Bertz CT molecular complexity index is 362. The Morgan fingerprint density at radius 1 is 1.14 bits per heavy atom. The van der Waals surface area contributed by atoms with Crippen LogP contribution < -0.4 is 4.74 Å². The number of benzene rings is 1. The first kappa shape index (κ1) is 12.7. The van der Waals surface area contributed by atoms with Gasteiger partial charge in [0.25, 0.3) is 0 Å². The lowest BCUT2D eigenvalue weighted by atomic mass is 10.3. The van der Waals surface area contributed by atoms with Crippen molar-refractivity contribution in [2.24, 2.45) is 0 Å². The molecular formula is C9H6Br4O. The molecule has 0 spiro atoms. The van der Waals surface area contributed by atoms with E-state index in [1.54, 1.807) is 6.08 Å². The van der Waals surface area contributed by atoms with Crippen LogP contribution >= 0.6 is 63.7 Å². The van der Waals surface area contributed by atoms with Gasteiger partial charge in [0, 0.05) is 8.95 Å². The molecule has 76 valence electrons. The van der Waals surface area contributed by atoms with Gasteiger partial charge in [-0.3, -0.25) is 0 Å². The van der Waals surface area contributed by atoms with Crippen molar-refractivity contribution in [2.45, 2.75) is 0 Å². The molecule has 0 aliphatic heterocycles. The second kappa shape index (κ2) is 5.68. The van der Waals surface area contributed by atoms with Crippen molar-refractivity contribution in [3.8, 4) is 5.75 Å². The molecule has 1 aromatic rings. The summed E-state index contributed by atoms with van der Waals surface area (Å²) in [5.74, 6) is 0.770. The molecule has 0 saturated carbocycles. The molecule has 1 aromatic carbocycles. The summed E-state index contributed by atoms with van der Waals surface area (Å²) < 4.78 is 9.15. The Hall–Kier alpha value is 0.680. The minimum absolute atomic E-state index is 0.485. The van der Waals surface area contributed by atoms with Crippen LogP contribution in [0.4, 0.5) is 0 Å². The average Bonchev–Trinajstić information content (AvgIpc) is 2.18. The molecule has 0 bridgehead atoms. The monoisotopic (exact) mass is 446 g/mol. The van der Waals surface area contributed by atoms with Gasteiger partial charge in [-0.1, -0.05) is 12.7 Å². The van der Waals surface area contributed by atoms with Crippen molar-refractivity contribution in [3.05, 3.63) is 36.6 Å². The van der Waals surface area contributed by atoms with Crippen molar-refractivity contribution in [1.29, 1.82) is 0 Å². The van der Waals surface area contributed by atoms with Crippen LogP contribution in [0.25, 0.3) is 0 Å². The minimum Gasteiger partial charge on any atom is -0.488 e. The highest BCUT2D eigenvalue weighted by molar-refractivity contribution is 9.15. The van der Waals surface area contributed by atoms with E-state index in [9.17, 15) is 0 Å². The highest BCUT2D eigenvalue weighted by Crippen LogP contribution is 2.42. The van der Waals surface area contributed by atoms with Gasteiger partial charge in [-0.2, -0.15) is 0 Å². The normalized spacial score (nSPS) is 10.0. The second-order valence-corrected chi connectivity index (χ2v) is 5.63. The Labute approximate surface area is 116 Å². The van der Waals surface area contributed by atoms with Crippen LogP contribution in [0.5, 0.6) is 5.75 Å². The van der Waals surface area contributed by atoms with Crippen molar-refractivity contribution in [3.63, 3.8) is 0 Å². The molecule has 0 aliphatic carbocycles. The van der Waals surface area contributed by atoms with Crippen molar-refractivity contribution in [2.75, 3.05) is 6.61 Å². The number of ether oxygens (including phenoxy) is 1. The maximum atomic E-state index is 5.46. The summed E-state index contributed by atoms with van der Waals surface area (Å²) in [6.45, 7) is 4.08. The molecule has 0 aromatic heterocycles. The van der Waals surface area contributed by atoms with Gasteiger partial charge in [-0.05, 0) is 69.8 Å². The molecule has 1 rings (SSSR count). The zero-order valence-electron chi connectivity index (χ0n) is 6.99. The highest BCUT2D eigenvalue weighted by atomic mass is 79.9. The van der Waals surface area contributed by atoms with Crippen LogP contribution in [0.15, 0.2) is 36.6 Å². The fourth-order valence-corrected chi connectivity index (χ4v) is 2.89. The Kier molecular flexibility index (Phi) is 5.17. The molecule has 0 aliphatic rings. The first-order valence-corrected chi connectivity index (χ1v) is 6.81. The molecular weight excluding hydrogens is 444 g/mol. The molecule has 0 saturated heterocycles. The van der Waals surface area contributed by atoms with Crippen molar-refractivity contribution in [1.82, 2.24) is 0 Å². The molecule has 5 heteroatoms. The third kappa shape index (κ3) is 2.84. The summed E-state index contributed by atoms with van der Waals surface area (Å²) in [6, 6.07) is 1.89. The fraction of sp³-hybridized carbons (Fsp3) is 0.111. The molecule has 0 N–H and O–H groups in total. The Morgan fingerprint density at radius 3 is 2.36 bits per heavy atom. The molecule has 1 nitrogen and oxygen atoms in total. The van der Waals surface area contributed by atoms with Crippen molar-refractivity contribution < 1.29 is 4.74 Å². The molecule has 0 amide bonds. The zero-order chi connectivity index (χ0) is 10.7. The van der Waals surface area contributed by atoms with E-state index in [4.69, 9.17) is 4.74 Å². The van der Waals surface area contributed by atoms with E-state index in [-0.39, 0.29) is 0 Å². The maximum absolute atomic E-state index is 5.46. The second-order valence-electron chi connectivity index (χ2n) is 2.40. The van der Waals surface area contributed by atoms with Crippen LogP contribution in [0.1, 0.15) is 0 Å². The quantitative estimate of drug-likeness (QED) is 0.346. The third-order valence-electron chi connectivity index (χ3n) is 1.43. The summed E-state index contributed by atoms with van der Waals surface area (Å²) in [6.07, 6.45) is 1.70. The standard InChI is InChI=1S/C9H6Br4O/c1-2-3-14-6-4-5(10)7(11)9(13)8(6)12/h2,4H,1,3H2. The van der Waals surface area contributed by atoms with Gasteiger partial charge in [-0.25, -0.2) is 0 Å². The fourth-order valence-electron chi connectivity index (χ4n) is 0.805. The summed E-state index contributed by atoms with van der Waals surface area (Å²) in [5.41, 5.74) is 0. The van der Waals surface area contributed by atoms with Crippen LogP contribution in [-0.4, -0.2) is 6.61 Å². The zero-order valence-corrected chi connectivity index (χ0v) is 13.3. The number of hydrogen-bond donors (Lipinski definition) is 0. The van der Waals surface area contributed by atoms with Gasteiger partial charge in [0.05, 0.1) is 8.95 Å². The highest BCUT2D eigenvalue weighted by Gasteiger charge is 2.12. The molecule has 0 fully saturated rings. The molecule has 0 unspecified atom stereocenters. The number of rotatable bonds is 3. The summed E-state index contributed by atoms with van der Waals surface area (Å²) in [4.78, 5) is 0. The van der Waals surface area contributed by atoms with E-state index in [1.807, 2.05) is 6.07 Å². The Morgan fingerprint density at radius 2 is 1.79 bits per heavy atom. The van der Waals surface area contributed by atoms with Gasteiger partial charge in [0.2, 0.25) is 0 Å². The summed E-state index contributed by atoms with van der Waals surface area (Å²) in [5, 5.41) is 0. The van der Waals surface area contributed by atoms with E-state index < -0.39 is 0 Å². The van der Waals surface area contributed by atoms with E-state index in [2.05, 4.69) is 70.3 Å². The van der Waals surface area contributed by atoms with Crippen molar-refractivity contribution >= 4 is 63.7 Å². The van der Waals surface area contributed by atoms with Gasteiger partial charge < -0.3 is 4.74 Å². The number of halogens is 4. The van der Waals surface area contributed by atoms with Crippen LogP contribution in [0.2, 0.25) is 0 Å². The van der Waals surface area contributed by atoms with Gasteiger partial charge in [0.15, 0.2) is 0 Å². The van der Waals surface area contributed by atoms with Crippen LogP contribution in [-0.2, 0) is 0 Å². The average molecular weight is 450 g/mol. The predicted molar refractivity (Wildman–Crippen MR) is 72.9 cm³/mol. The van der Waals surface area contributed by atoms with E-state index in [0.717, 1.165) is 23.6 Å². The topological polar surface area (TPSA) is 9.23 Å². The summed E-state index contributed by atoms with van der Waals surface area (Å²) in [7, 11) is 0. The molecule has 0 heterocycles.